The quantitative estimate of drug-likeness (QED) is 0.770. The number of nitrogens with two attached hydrogens (primary N) is 1. The molecule has 0 radical (unpaired) electrons. The van der Waals surface area contributed by atoms with E-state index in [1.54, 1.807) is 25.3 Å². The maximum absolute atomic E-state index is 12.1. The molecule has 0 fully saturated rings. The standard InChI is InChI=1S/C14H22N2O3/c1-5-19-14(2,3)9-16-13(17)11-8-10(18-4)6-7-12(11)15/h6-8H,5,9,15H2,1-4H3,(H,16,17). The van der Waals surface area contributed by atoms with Crippen molar-refractivity contribution >= 4 is 11.6 Å². The summed E-state index contributed by atoms with van der Waals surface area (Å²) in [6.45, 7) is 6.78. The Kier molecular flexibility index (Phi) is 5.18. The molecule has 0 saturated heterocycles. The summed E-state index contributed by atoms with van der Waals surface area (Å²) in [7, 11) is 1.55. The summed E-state index contributed by atoms with van der Waals surface area (Å²) in [6.07, 6.45) is 0. The molecule has 19 heavy (non-hydrogen) atoms. The zero-order chi connectivity index (χ0) is 14.5. The number of benzene rings is 1. The molecule has 1 aromatic rings. The summed E-state index contributed by atoms with van der Waals surface area (Å²) in [6, 6.07) is 5.00. The largest absolute Gasteiger partial charge is 0.497 e. The summed E-state index contributed by atoms with van der Waals surface area (Å²) in [4.78, 5) is 12.1. The van der Waals surface area contributed by atoms with Crippen LogP contribution in [-0.4, -0.2) is 31.8 Å². The van der Waals surface area contributed by atoms with Crippen LogP contribution in [0.2, 0.25) is 0 Å². The smallest absolute Gasteiger partial charge is 0.253 e. The first-order chi connectivity index (χ1) is 8.89. The Morgan fingerprint density at radius 1 is 1.42 bits per heavy atom. The van der Waals surface area contributed by atoms with Crippen LogP contribution in [0.4, 0.5) is 5.69 Å². The van der Waals surface area contributed by atoms with Crippen LogP contribution in [0.3, 0.4) is 0 Å². The van der Waals surface area contributed by atoms with Crippen molar-refractivity contribution in [3.05, 3.63) is 23.8 Å². The third kappa shape index (κ3) is 4.44. The van der Waals surface area contributed by atoms with E-state index in [0.717, 1.165) is 0 Å². The molecule has 1 rings (SSSR count). The Bertz CT molecular complexity index is 444. The minimum atomic E-state index is -0.405. The highest BCUT2D eigenvalue weighted by Crippen LogP contribution is 2.19. The number of anilines is 1. The van der Waals surface area contributed by atoms with Crippen LogP contribution in [-0.2, 0) is 4.74 Å². The number of carbonyl (C=O) groups excluding carboxylic acids is 1. The lowest BCUT2D eigenvalue weighted by molar-refractivity contribution is -0.00815. The number of nitrogen functional groups attached to an aromatic ring is 1. The topological polar surface area (TPSA) is 73.6 Å². The highest BCUT2D eigenvalue weighted by atomic mass is 16.5. The van der Waals surface area contributed by atoms with E-state index in [1.807, 2.05) is 20.8 Å². The number of ether oxygens (including phenoxy) is 2. The van der Waals surface area contributed by atoms with Crippen molar-refractivity contribution in [3.8, 4) is 5.75 Å². The average molecular weight is 266 g/mol. The lowest BCUT2D eigenvalue weighted by atomic mass is 10.1. The van der Waals surface area contributed by atoms with Gasteiger partial charge in [-0.3, -0.25) is 4.79 Å². The van der Waals surface area contributed by atoms with Gasteiger partial charge in [-0.05, 0) is 39.0 Å². The fourth-order valence-corrected chi connectivity index (χ4v) is 1.69. The van der Waals surface area contributed by atoms with Crippen LogP contribution < -0.4 is 15.8 Å². The van der Waals surface area contributed by atoms with Gasteiger partial charge in [0.15, 0.2) is 0 Å². The van der Waals surface area contributed by atoms with E-state index < -0.39 is 5.60 Å². The summed E-state index contributed by atoms with van der Waals surface area (Å²) < 4.78 is 10.6. The van der Waals surface area contributed by atoms with Crippen molar-refractivity contribution in [2.75, 3.05) is 26.0 Å². The minimum absolute atomic E-state index is 0.232. The van der Waals surface area contributed by atoms with Crippen molar-refractivity contribution in [1.29, 1.82) is 0 Å². The molecular formula is C14H22N2O3. The van der Waals surface area contributed by atoms with Gasteiger partial charge in [0.1, 0.15) is 5.75 Å². The molecule has 0 atom stereocenters. The van der Waals surface area contributed by atoms with E-state index in [1.165, 1.54) is 0 Å². The van der Waals surface area contributed by atoms with E-state index >= 15 is 0 Å². The van der Waals surface area contributed by atoms with Crippen LogP contribution in [0.5, 0.6) is 5.75 Å². The predicted molar refractivity (Wildman–Crippen MR) is 75.4 cm³/mol. The van der Waals surface area contributed by atoms with Gasteiger partial charge in [0.05, 0.1) is 18.3 Å². The molecule has 0 aliphatic rings. The van der Waals surface area contributed by atoms with Gasteiger partial charge in [-0.1, -0.05) is 0 Å². The first-order valence-corrected chi connectivity index (χ1v) is 6.25. The van der Waals surface area contributed by atoms with E-state index in [9.17, 15) is 4.79 Å². The monoisotopic (exact) mass is 266 g/mol. The van der Waals surface area contributed by atoms with Crippen molar-refractivity contribution < 1.29 is 14.3 Å². The lowest BCUT2D eigenvalue weighted by Crippen LogP contribution is -2.40. The van der Waals surface area contributed by atoms with Gasteiger partial charge in [-0.25, -0.2) is 0 Å². The Labute approximate surface area is 114 Å². The van der Waals surface area contributed by atoms with Crippen LogP contribution in [0.1, 0.15) is 31.1 Å². The number of hydrogen-bond donors (Lipinski definition) is 2. The molecule has 106 valence electrons. The van der Waals surface area contributed by atoms with Crippen LogP contribution in [0.25, 0.3) is 0 Å². The molecule has 0 spiro atoms. The number of methoxy groups -OCH3 is 1. The molecule has 0 aromatic heterocycles. The first kappa shape index (κ1) is 15.3. The number of carbonyl (C=O) groups is 1. The zero-order valence-corrected chi connectivity index (χ0v) is 11.9. The molecule has 0 unspecified atom stereocenters. The highest BCUT2D eigenvalue weighted by Gasteiger charge is 2.20. The second kappa shape index (κ2) is 6.43. The molecule has 1 amide bonds. The fourth-order valence-electron chi connectivity index (χ4n) is 1.69. The summed E-state index contributed by atoms with van der Waals surface area (Å²) in [5.41, 5.74) is 6.22. The third-order valence-electron chi connectivity index (χ3n) is 2.71. The SMILES string of the molecule is CCOC(C)(C)CNC(=O)c1cc(OC)ccc1N. The maximum Gasteiger partial charge on any atom is 0.253 e. The highest BCUT2D eigenvalue weighted by molar-refractivity contribution is 5.99. The lowest BCUT2D eigenvalue weighted by Gasteiger charge is -2.25. The van der Waals surface area contributed by atoms with Crippen LogP contribution in [0, 0.1) is 0 Å². The molecule has 1 aromatic carbocycles. The van der Waals surface area contributed by atoms with Crippen LogP contribution >= 0.6 is 0 Å². The molecule has 0 aliphatic heterocycles. The molecule has 0 saturated carbocycles. The second-order valence-electron chi connectivity index (χ2n) is 4.83. The number of nitrogens with one attached hydrogen (secondary N) is 1. The maximum atomic E-state index is 12.1. The summed E-state index contributed by atoms with van der Waals surface area (Å²) >= 11 is 0. The van der Waals surface area contributed by atoms with E-state index in [4.69, 9.17) is 15.2 Å². The average Bonchev–Trinajstić information content (AvgIpc) is 2.36. The Morgan fingerprint density at radius 3 is 2.68 bits per heavy atom. The predicted octanol–water partition coefficient (Wildman–Crippen LogP) is 1.82. The van der Waals surface area contributed by atoms with E-state index in [2.05, 4.69) is 5.32 Å². The van der Waals surface area contributed by atoms with E-state index in [0.29, 0.717) is 30.2 Å². The molecule has 3 N–H and O–H groups in total. The summed E-state index contributed by atoms with van der Waals surface area (Å²) in [5.74, 6) is 0.368. The molecule has 5 heteroatoms. The number of rotatable bonds is 6. The first-order valence-electron chi connectivity index (χ1n) is 6.25. The van der Waals surface area contributed by atoms with Gasteiger partial charge in [0.25, 0.3) is 5.91 Å². The Balaban J connectivity index is 2.73. The van der Waals surface area contributed by atoms with Crippen molar-refractivity contribution in [2.24, 2.45) is 0 Å². The number of hydrogen-bond acceptors (Lipinski definition) is 4. The van der Waals surface area contributed by atoms with Crippen molar-refractivity contribution in [3.63, 3.8) is 0 Å². The van der Waals surface area contributed by atoms with Crippen molar-refractivity contribution in [2.45, 2.75) is 26.4 Å². The Hall–Kier alpha value is -1.75. The molecule has 5 nitrogen and oxygen atoms in total. The summed E-state index contributed by atoms with van der Waals surface area (Å²) in [5, 5.41) is 2.82. The molecule has 0 bridgehead atoms. The molecule has 0 heterocycles. The number of amides is 1. The molecule has 0 aliphatic carbocycles. The second-order valence-corrected chi connectivity index (χ2v) is 4.83. The van der Waals surface area contributed by atoms with Crippen LogP contribution in [0.15, 0.2) is 18.2 Å². The van der Waals surface area contributed by atoms with Gasteiger partial charge in [-0.2, -0.15) is 0 Å². The third-order valence-corrected chi connectivity index (χ3v) is 2.71. The minimum Gasteiger partial charge on any atom is -0.497 e. The van der Waals surface area contributed by atoms with Crippen molar-refractivity contribution in [1.82, 2.24) is 5.32 Å². The van der Waals surface area contributed by atoms with Gasteiger partial charge < -0.3 is 20.5 Å². The van der Waals surface area contributed by atoms with Gasteiger partial charge in [0.2, 0.25) is 0 Å². The zero-order valence-electron chi connectivity index (χ0n) is 11.9. The van der Waals surface area contributed by atoms with E-state index in [-0.39, 0.29) is 5.91 Å². The Morgan fingerprint density at radius 2 is 2.11 bits per heavy atom. The fraction of sp³-hybridized carbons (Fsp3) is 0.500. The van der Waals surface area contributed by atoms with Gasteiger partial charge in [-0.15, -0.1) is 0 Å². The molecular weight excluding hydrogens is 244 g/mol. The normalized spacial score (nSPS) is 11.2. The van der Waals surface area contributed by atoms with Gasteiger partial charge in [0, 0.05) is 18.8 Å². The van der Waals surface area contributed by atoms with Gasteiger partial charge >= 0.3 is 0 Å².